The fourth-order valence-electron chi connectivity index (χ4n) is 2.87. The molecule has 0 saturated heterocycles. The number of hydrogen-bond donors (Lipinski definition) is 2. The fourth-order valence-corrected chi connectivity index (χ4v) is 4.37. The van der Waals surface area contributed by atoms with Gasteiger partial charge in [0, 0.05) is 11.6 Å². The number of amides is 2. The summed E-state index contributed by atoms with van der Waals surface area (Å²) in [7, 11) is -3.30. The molecule has 2 N–H and O–H groups in total. The molecule has 9 heteroatoms. The van der Waals surface area contributed by atoms with Crippen molar-refractivity contribution in [2.75, 3.05) is 5.32 Å². The number of rotatable bonds is 4. The van der Waals surface area contributed by atoms with Gasteiger partial charge < -0.3 is 10.6 Å². The van der Waals surface area contributed by atoms with E-state index >= 15 is 0 Å². The molecule has 1 aliphatic rings. The molecule has 1 atom stereocenters. The normalized spacial score (nSPS) is 15.8. The highest BCUT2D eigenvalue weighted by Crippen LogP contribution is 2.33. The molecule has 8 nitrogen and oxygen atoms in total. The van der Waals surface area contributed by atoms with E-state index < -0.39 is 21.7 Å². The summed E-state index contributed by atoms with van der Waals surface area (Å²) in [5.74, 6) is -1.78. The molecule has 0 aliphatic carbocycles. The van der Waals surface area contributed by atoms with Crippen LogP contribution in [0.1, 0.15) is 37.1 Å². The maximum atomic E-state index is 12.4. The summed E-state index contributed by atoms with van der Waals surface area (Å²) in [6, 6.07) is 7.29. The lowest BCUT2D eigenvalue weighted by Gasteiger charge is -2.13. The Labute approximate surface area is 157 Å². The molecule has 0 saturated carbocycles. The lowest BCUT2D eigenvalue weighted by molar-refractivity contribution is -0.136. The Kier molecular flexibility index (Phi) is 5.05. The van der Waals surface area contributed by atoms with Crippen molar-refractivity contribution >= 4 is 27.5 Å². The van der Waals surface area contributed by atoms with Gasteiger partial charge in [-0.05, 0) is 38.0 Å². The molecule has 0 bridgehead atoms. The van der Waals surface area contributed by atoms with Crippen molar-refractivity contribution in [3.8, 4) is 5.69 Å². The molecule has 144 valence electrons. The molecule has 0 unspecified atom stereocenters. The third-order valence-electron chi connectivity index (χ3n) is 4.46. The highest BCUT2D eigenvalue weighted by molar-refractivity contribution is 7.90. The zero-order valence-corrected chi connectivity index (χ0v) is 16.3. The minimum Gasteiger partial charge on any atom is -0.345 e. The smallest absolute Gasteiger partial charge is 0.314 e. The molecule has 3 rings (SSSR count). The quantitative estimate of drug-likeness (QED) is 0.768. The highest BCUT2D eigenvalue weighted by Gasteiger charge is 2.34. The Bertz CT molecular complexity index is 1010. The van der Waals surface area contributed by atoms with E-state index in [1.165, 1.54) is 4.68 Å². The number of nitrogens with one attached hydrogen (secondary N) is 2. The van der Waals surface area contributed by atoms with E-state index in [4.69, 9.17) is 0 Å². The zero-order valence-electron chi connectivity index (χ0n) is 15.4. The van der Waals surface area contributed by atoms with Crippen LogP contribution in [-0.2, 0) is 30.9 Å². The second-order valence-corrected chi connectivity index (χ2v) is 8.86. The van der Waals surface area contributed by atoms with Crippen LogP contribution in [0.3, 0.4) is 0 Å². The number of aryl methyl sites for hydroxylation is 1. The van der Waals surface area contributed by atoms with Crippen molar-refractivity contribution in [3.63, 3.8) is 0 Å². The molecular formula is C18H22N4O4S. The van der Waals surface area contributed by atoms with E-state index in [1.54, 1.807) is 13.0 Å². The Hall–Kier alpha value is -2.68. The molecule has 2 amide bonds. The van der Waals surface area contributed by atoms with Crippen LogP contribution in [0, 0.1) is 6.92 Å². The van der Waals surface area contributed by atoms with E-state index in [1.807, 2.05) is 32.0 Å². The average Bonchev–Trinajstić information content (AvgIpc) is 3.07. The third-order valence-corrected chi connectivity index (χ3v) is 5.90. The molecule has 0 fully saturated rings. The molecule has 27 heavy (non-hydrogen) atoms. The maximum Gasteiger partial charge on any atom is 0.314 e. The van der Waals surface area contributed by atoms with Gasteiger partial charge in [-0.25, -0.2) is 13.1 Å². The Morgan fingerprint density at radius 3 is 2.67 bits per heavy atom. The number of aromatic nitrogens is 2. The molecule has 2 heterocycles. The third kappa shape index (κ3) is 4.02. The van der Waals surface area contributed by atoms with Gasteiger partial charge in [-0.3, -0.25) is 9.59 Å². The molecule has 2 aromatic rings. The summed E-state index contributed by atoms with van der Waals surface area (Å²) < 4.78 is 25.4. The second-order valence-electron chi connectivity index (χ2n) is 6.79. The first kappa shape index (κ1) is 19.1. The first-order chi connectivity index (χ1) is 12.7. The summed E-state index contributed by atoms with van der Waals surface area (Å²) in [4.78, 5) is 24.5. The number of fused-ring (bicyclic) bond motifs is 1. The summed E-state index contributed by atoms with van der Waals surface area (Å²) in [6.45, 7) is 5.61. The molecular weight excluding hydrogens is 368 g/mol. The van der Waals surface area contributed by atoms with Crippen molar-refractivity contribution in [3.05, 3.63) is 41.1 Å². The first-order valence-corrected chi connectivity index (χ1v) is 10.5. The van der Waals surface area contributed by atoms with Gasteiger partial charge in [0.25, 0.3) is 0 Å². The molecule has 0 radical (unpaired) electrons. The largest absolute Gasteiger partial charge is 0.345 e. The summed E-state index contributed by atoms with van der Waals surface area (Å²) in [5, 5.41) is 9.53. The van der Waals surface area contributed by atoms with Gasteiger partial charge in [-0.1, -0.05) is 19.1 Å². The van der Waals surface area contributed by atoms with Gasteiger partial charge >= 0.3 is 11.8 Å². The lowest BCUT2D eigenvalue weighted by Crippen LogP contribution is -2.40. The summed E-state index contributed by atoms with van der Waals surface area (Å²) in [5.41, 5.74) is 2.50. The molecule has 0 spiro atoms. The zero-order chi connectivity index (χ0) is 19.8. The molecule has 1 aliphatic heterocycles. The minimum atomic E-state index is -3.30. The number of benzene rings is 1. The van der Waals surface area contributed by atoms with Gasteiger partial charge in [-0.15, -0.1) is 0 Å². The maximum absolute atomic E-state index is 12.4. The van der Waals surface area contributed by atoms with E-state index in [2.05, 4.69) is 15.7 Å². The van der Waals surface area contributed by atoms with Crippen molar-refractivity contribution in [2.24, 2.45) is 0 Å². The SMILES string of the molecule is CC[C@H](C)NC(=O)C(=O)Nc1c2c(nn1-c1cccc(C)c1)CS(=O)(=O)C2. The fraction of sp³-hybridized carbons (Fsp3) is 0.389. The standard InChI is InChI=1S/C18H22N4O4S/c1-4-12(3)19-17(23)18(24)20-16-14-9-27(25,26)10-15(14)21-22(16)13-7-5-6-11(2)8-13/h5-8,12H,4,9-10H2,1-3H3,(H,19,23)(H,20,24)/t12-/m0/s1. The Morgan fingerprint density at radius 2 is 2.00 bits per heavy atom. The summed E-state index contributed by atoms with van der Waals surface area (Å²) in [6.07, 6.45) is 0.688. The van der Waals surface area contributed by atoms with Crippen LogP contribution in [-0.4, -0.2) is 36.1 Å². The van der Waals surface area contributed by atoms with E-state index in [0.717, 1.165) is 5.56 Å². The predicted molar refractivity (Wildman–Crippen MR) is 101 cm³/mol. The number of anilines is 1. The van der Waals surface area contributed by atoms with E-state index in [-0.39, 0.29) is 23.4 Å². The van der Waals surface area contributed by atoms with Crippen LogP contribution in [0.2, 0.25) is 0 Å². The monoisotopic (exact) mass is 390 g/mol. The van der Waals surface area contributed by atoms with Crippen LogP contribution in [0.5, 0.6) is 0 Å². The number of carbonyl (C=O) groups is 2. The number of sulfone groups is 1. The Morgan fingerprint density at radius 1 is 1.26 bits per heavy atom. The van der Waals surface area contributed by atoms with Gasteiger partial charge in [0.05, 0.1) is 22.9 Å². The number of nitrogens with zero attached hydrogens (tertiary/aromatic N) is 2. The van der Waals surface area contributed by atoms with E-state index in [9.17, 15) is 18.0 Å². The van der Waals surface area contributed by atoms with Crippen LogP contribution in [0.25, 0.3) is 5.69 Å². The van der Waals surface area contributed by atoms with Gasteiger partial charge in [0.1, 0.15) is 5.82 Å². The van der Waals surface area contributed by atoms with Crippen LogP contribution in [0.4, 0.5) is 5.82 Å². The predicted octanol–water partition coefficient (Wildman–Crippen LogP) is 1.46. The van der Waals surface area contributed by atoms with E-state index in [0.29, 0.717) is 23.4 Å². The van der Waals surface area contributed by atoms with Gasteiger partial charge in [0.2, 0.25) is 0 Å². The highest BCUT2D eigenvalue weighted by atomic mass is 32.2. The Balaban J connectivity index is 1.98. The minimum absolute atomic E-state index is 0.143. The topological polar surface area (TPSA) is 110 Å². The van der Waals surface area contributed by atoms with Crippen molar-refractivity contribution in [1.29, 1.82) is 0 Å². The van der Waals surface area contributed by atoms with Crippen molar-refractivity contribution in [1.82, 2.24) is 15.1 Å². The van der Waals surface area contributed by atoms with Crippen molar-refractivity contribution < 1.29 is 18.0 Å². The number of hydrogen-bond acceptors (Lipinski definition) is 5. The number of carbonyl (C=O) groups excluding carboxylic acids is 2. The molecule has 1 aromatic carbocycles. The van der Waals surface area contributed by atoms with Crippen LogP contribution in [0.15, 0.2) is 24.3 Å². The first-order valence-electron chi connectivity index (χ1n) is 8.70. The average molecular weight is 390 g/mol. The summed E-state index contributed by atoms with van der Waals surface area (Å²) >= 11 is 0. The van der Waals surface area contributed by atoms with Crippen molar-refractivity contribution in [2.45, 2.75) is 44.7 Å². The lowest BCUT2D eigenvalue weighted by atomic mass is 10.2. The molecule has 1 aromatic heterocycles. The second kappa shape index (κ2) is 7.15. The van der Waals surface area contributed by atoms with Gasteiger partial charge in [-0.2, -0.15) is 5.10 Å². The van der Waals surface area contributed by atoms with Crippen LogP contribution >= 0.6 is 0 Å². The van der Waals surface area contributed by atoms with Crippen LogP contribution < -0.4 is 10.6 Å². The van der Waals surface area contributed by atoms with Gasteiger partial charge in [0.15, 0.2) is 9.84 Å².